The average Bonchev–Trinajstić information content (AvgIpc) is 2.64. The Hall–Kier alpha value is -1.88. The summed E-state index contributed by atoms with van der Waals surface area (Å²) in [4.78, 5) is 28.9. The number of hydrogen-bond acceptors (Lipinski definition) is 3. The van der Waals surface area contributed by atoms with Gasteiger partial charge in [0, 0.05) is 50.5 Å². The Labute approximate surface area is 163 Å². The maximum absolute atomic E-state index is 12.5. The van der Waals surface area contributed by atoms with E-state index in [0.29, 0.717) is 19.4 Å². The number of carbonyl (C=O) groups excluding carboxylic acids is 2. The summed E-state index contributed by atoms with van der Waals surface area (Å²) in [6.45, 7) is 8.41. The Balaban J connectivity index is 1.57. The van der Waals surface area contributed by atoms with E-state index in [1.54, 1.807) is 0 Å². The number of rotatable bonds is 6. The van der Waals surface area contributed by atoms with Gasteiger partial charge < -0.3 is 15.1 Å². The van der Waals surface area contributed by atoms with Gasteiger partial charge in [-0.1, -0.05) is 30.3 Å². The molecular weight excluding hydrogens is 338 g/mol. The molecule has 2 saturated heterocycles. The SMILES string of the molecule is CC(C)NC(=O)CCN1CCCC2(CCC(=O)N(Cc3ccccc3)C2)C1. The smallest absolute Gasteiger partial charge is 0.222 e. The van der Waals surface area contributed by atoms with E-state index in [4.69, 9.17) is 0 Å². The molecule has 2 amide bonds. The predicted octanol–water partition coefficient (Wildman–Crippen LogP) is 2.81. The van der Waals surface area contributed by atoms with Crippen LogP contribution < -0.4 is 5.32 Å². The molecule has 1 atom stereocenters. The van der Waals surface area contributed by atoms with Crippen molar-refractivity contribution in [1.82, 2.24) is 15.1 Å². The lowest BCUT2D eigenvalue weighted by Gasteiger charge is -2.48. The summed E-state index contributed by atoms with van der Waals surface area (Å²) in [6, 6.07) is 10.5. The lowest BCUT2D eigenvalue weighted by molar-refractivity contribution is -0.140. The van der Waals surface area contributed by atoms with E-state index in [0.717, 1.165) is 39.0 Å². The highest BCUT2D eigenvalue weighted by atomic mass is 16.2. The number of carbonyl (C=O) groups is 2. The molecule has 148 valence electrons. The molecule has 0 bridgehead atoms. The van der Waals surface area contributed by atoms with Crippen LogP contribution in [-0.2, 0) is 16.1 Å². The molecular formula is C22H33N3O2. The Morgan fingerprint density at radius 1 is 1.19 bits per heavy atom. The van der Waals surface area contributed by atoms with E-state index in [1.807, 2.05) is 36.9 Å². The molecule has 1 aromatic carbocycles. The summed E-state index contributed by atoms with van der Waals surface area (Å²) < 4.78 is 0. The van der Waals surface area contributed by atoms with Crippen LogP contribution in [0.2, 0.25) is 0 Å². The molecule has 1 spiro atoms. The molecule has 2 aliphatic heterocycles. The molecule has 1 unspecified atom stereocenters. The number of likely N-dealkylation sites (tertiary alicyclic amines) is 2. The minimum absolute atomic E-state index is 0.133. The fourth-order valence-electron chi connectivity index (χ4n) is 4.54. The third kappa shape index (κ3) is 5.55. The highest BCUT2D eigenvalue weighted by molar-refractivity contribution is 5.77. The summed E-state index contributed by atoms with van der Waals surface area (Å²) >= 11 is 0. The second-order valence-corrected chi connectivity index (χ2v) is 8.59. The van der Waals surface area contributed by atoms with Gasteiger partial charge in [-0.3, -0.25) is 9.59 Å². The highest BCUT2D eigenvalue weighted by Crippen LogP contribution is 2.39. The standard InChI is InChI=1S/C22H33N3O2/c1-18(2)23-20(26)10-14-24-13-6-11-22(16-24)12-9-21(27)25(17-22)15-19-7-4-3-5-8-19/h3-5,7-8,18H,6,9-17H2,1-2H3,(H,23,26). The predicted molar refractivity (Wildman–Crippen MR) is 107 cm³/mol. The van der Waals surface area contributed by atoms with Crippen LogP contribution in [0.4, 0.5) is 0 Å². The zero-order valence-electron chi connectivity index (χ0n) is 16.7. The molecule has 27 heavy (non-hydrogen) atoms. The van der Waals surface area contributed by atoms with Gasteiger partial charge in [-0.2, -0.15) is 0 Å². The molecule has 5 nitrogen and oxygen atoms in total. The van der Waals surface area contributed by atoms with E-state index < -0.39 is 0 Å². The number of nitrogens with zero attached hydrogens (tertiary/aromatic N) is 2. The van der Waals surface area contributed by atoms with Crippen LogP contribution in [-0.4, -0.2) is 53.8 Å². The molecule has 2 aliphatic rings. The van der Waals surface area contributed by atoms with Gasteiger partial charge in [0.2, 0.25) is 11.8 Å². The number of nitrogens with one attached hydrogen (secondary N) is 1. The van der Waals surface area contributed by atoms with Crippen molar-refractivity contribution in [2.75, 3.05) is 26.2 Å². The van der Waals surface area contributed by atoms with Crippen LogP contribution in [0.5, 0.6) is 0 Å². The molecule has 5 heteroatoms. The summed E-state index contributed by atoms with van der Waals surface area (Å²) in [5.74, 6) is 0.409. The maximum atomic E-state index is 12.5. The third-order valence-corrected chi connectivity index (χ3v) is 5.81. The quantitative estimate of drug-likeness (QED) is 0.837. The van der Waals surface area contributed by atoms with Gasteiger partial charge in [-0.25, -0.2) is 0 Å². The minimum Gasteiger partial charge on any atom is -0.354 e. The van der Waals surface area contributed by atoms with Gasteiger partial charge in [0.15, 0.2) is 0 Å². The third-order valence-electron chi connectivity index (χ3n) is 5.81. The van der Waals surface area contributed by atoms with Crippen LogP contribution in [0.3, 0.4) is 0 Å². The van der Waals surface area contributed by atoms with Crippen molar-refractivity contribution in [2.24, 2.45) is 5.41 Å². The highest BCUT2D eigenvalue weighted by Gasteiger charge is 2.41. The normalized spacial score (nSPS) is 23.8. The first-order valence-electron chi connectivity index (χ1n) is 10.3. The van der Waals surface area contributed by atoms with E-state index >= 15 is 0 Å². The molecule has 2 fully saturated rings. The van der Waals surface area contributed by atoms with Gasteiger partial charge in [0.05, 0.1) is 0 Å². The fourth-order valence-corrected chi connectivity index (χ4v) is 4.54. The van der Waals surface area contributed by atoms with Crippen molar-refractivity contribution in [2.45, 2.75) is 58.5 Å². The maximum Gasteiger partial charge on any atom is 0.222 e. The largest absolute Gasteiger partial charge is 0.354 e. The first-order valence-corrected chi connectivity index (χ1v) is 10.3. The van der Waals surface area contributed by atoms with Crippen molar-refractivity contribution in [3.8, 4) is 0 Å². The van der Waals surface area contributed by atoms with E-state index in [2.05, 4.69) is 22.3 Å². The van der Waals surface area contributed by atoms with Gasteiger partial charge in [0.25, 0.3) is 0 Å². The zero-order chi connectivity index (χ0) is 19.3. The van der Waals surface area contributed by atoms with Crippen molar-refractivity contribution < 1.29 is 9.59 Å². The van der Waals surface area contributed by atoms with Gasteiger partial charge >= 0.3 is 0 Å². The van der Waals surface area contributed by atoms with E-state index in [1.165, 1.54) is 12.0 Å². The van der Waals surface area contributed by atoms with Crippen LogP contribution in [0, 0.1) is 5.41 Å². The summed E-state index contributed by atoms with van der Waals surface area (Å²) in [6.07, 6.45) is 4.51. The van der Waals surface area contributed by atoms with E-state index in [9.17, 15) is 9.59 Å². The number of benzene rings is 1. The van der Waals surface area contributed by atoms with Gasteiger partial charge in [-0.15, -0.1) is 0 Å². The number of hydrogen-bond donors (Lipinski definition) is 1. The fraction of sp³-hybridized carbons (Fsp3) is 0.636. The molecule has 1 N–H and O–H groups in total. The second-order valence-electron chi connectivity index (χ2n) is 8.59. The lowest BCUT2D eigenvalue weighted by atomic mass is 9.73. The van der Waals surface area contributed by atoms with Crippen LogP contribution in [0.1, 0.15) is 51.5 Å². The summed E-state index contributed by atoms with van der Waals surface area (Å²) in [7, 11) is 0. The molecule has 0 aliphatic carbocycles. The van der Waals surface area contributed by atoms with Crippen molar-refractivity contribution in [3.63, 3.8) is 0 Å². The lowest BCUT2D eigenvalue weighted by Crippen LogP contribution is -2.54. The minimum atomic E-state index is 0.133. The van der Waals surface area contributed by atoms with Crippen molar-refractivity contribution in [1.29, 1.82) is 0 Å². The first-order chi connectivity index (χ1) is 13.0. The van der Waals surface area contributed by atoms with Gasteiger partial charge in [-0.05, 0) is 45.2 Å². The van der Waals surface area contributed by atoms with Gasteiger partial charge in [0.1, 0.15) is 0 Å². The molecule has 1 aromatic rings. The Morgan fingerprint density at radius 3 is 2.70 bits per heavy atom. The Kier molecular flexibility index (Phi) is 6.53. The summed E-state index contributed by atoms with van der Waals surface area (Å²) in [5, 5.41) is 2.98. The molecule has 2 heterocycles. The molecule has 0 aromatic heterocycles. The zero-order valence-corrected chi connectivity index (χ0v) is 16.7. The van der Waals surface area contributed by atoms with Crippen LogP contribution in [0.25, 0.3) is 0 Å². The van der Waals surface area contributed by atoms with Crippen LogP contribution in [0.15, 0.2) is 30.3 Å². The average molecular weight is 372 g/mol. The Morgan fingerprint density at radius 2 is 1.96 bits per heavy atom. The topological polar surface area (TPSA) is 52.7 Å². The molecule has 3 rings (SSSR count). The number of piperidine rings is 2. The molecule has 0 saturated carbocycles. The second kappa shape index (κ2) is 8.87. The molecule has 0 radical (unpaired) electrons. The monoisotopic (exact) mass is 371 g/mol. The summed E-state index contributed by atoms with van der Waals surface area (Å²) in [5.41, 5.74) is 1.39. The van der Waals surface area contributed by atoms with Crippen molar-refractivity contribution in [3.05, 3.63) is 35.9 Å². The Bertz CT molecular complexity index is 646. The number of amides is 2. The van der Waals surface area contributed by atoms with E-state index in [-0.39, 0.29) is 23.3 Å². The first kappa shape index (κ1) is 19.9. The van der Waals surface area contributed by atoms with Crippen LogP contribution >= 0.6 is 0 Å². The van der Waals surface area contributed by atoms with Crippen molar-refractivity contribution >= 4 is 11.8 Å².